The summed E-state index contributed by atoms with van der Waals surface area (Å²) < 4.78 is 19.3. The van der Waals surface area contributed by atoms with E-state index in [9.17, 15) is 19.5 Å². The molecule has 0 bridgehead atoms. The smallest absolute Gasteiger partial charge is 0.338 e. The molecular weight excluding hydrogens is 628 g/mol. The second-order valence-electron chi connectivity index (χ2n) is 10.5. The van der Waals surface area contributed by atoms with Crippen LogP contribution in [-0.4, -0.2) is 35.3 Å². The van der Waals surface area contributed by atoms with E-state index in [-0.39, 0.29) is 17.7 Å². The molecule has 9 nitrogen and oxygen atoms in total. The van der Waals surface area contributed by atoms with E-state index in [0.717, 1.165) is 17.2 Å². The van der Waals surface area contributed by atoms with Crippen molar-refractivity contribution in [2.75, 3.05) is 13.7 Å². The number of carbonyl (C=O) groups excluding carboxylic acids is 1. The molecule has 1 aliphatic heterocycles. The van der Waals surface area contributed by atoms with Gasteiger partial charge in [-0.3, -0.25) is 9.36 Å². The fourth-order valence-electron chi connectivity index (χ4n) is 5.68. The predicted octanol–water partition coefficient (Wildman–Crippen LogP) is 6.35. The normalized spacial score (nSPS) is 14.7. The van der Waals surface area contributed by atoms with Crippen molar-refractivity contribution < 1.29 is 28.6 Å². The number of carboxylic acids is 1. The number of hydrogen-bond donors (Lipinski definition) is 1. The van der Waals surface area contributed by atoms with E-state index >= 15 is 0 Å². The quantitative estimate of drug-likeness (QED) is 0.184. The Morgan fingerprint density at radius 2 is 1.91 bits per heavy atom. The number of benzene rings is 3. The van der Waals surface area contributed by atoms with Gasteiger partial charge in [0, 0.05) is 17.2 Å². The van der Waals surface area contributed by atoms with Gasteiger partial charge in [0.25, 0.3) is 5.56 Å². The molecule has 46 heavy (non-hydrogen) atoms. The van der Waals surface area contributed by atoms with Crippen LogP contribution in [0.25, 0.3) is 28.2 Å². The summed E-state index contributed by atoms with van der Waals surface area (Å²) in [4.78, 5) is 44.8. The maximum absolute atomic E-state index is 14.3. The minimum absolute atomic E-state index is 0.0646. The number of methoxy groups -OCH3 is 1. The highest BCUT2D eigenvalue weighted by molar-refractivity contribution is 7.07. The summed E-state index contributed by atoms with van der Waals surface area (Å²) >= 11 is 7.54. The SMILES string of the molecule is CCCC1=C(C(=O)OCC)[C@H](c2c(OC)ccc3ccccc23)n2c(s/c(=C\c3ccc(-c4cc(C(=O)O)ccc4Cl)o3)c2=O)=N1. The van der Waals surface area contributed by atoms with Crippen molar-refractivity contribution in [3.63, 3.8) is 0 Å². The highest BCUT2D eigenvalue weighted by atomic mass is 35.5. The van der Waals surface area contributed by atoms with E-state index in [1.165, 1.54) is 34.1 Å². The lowest BCUT2D eigenvalue weighted by Gasteiger charge is -2.28. The van der Waals surface area contributed by atoms with Crippen LogP contribution in [0.4, 0.5) is 0 Å². The number of aromatic carboxylic acids is 1. The number of esters is 1. The Balaban J connectivity index is 1.58. The van der Waals surface area contributed by atoms with Crippen molar-refractivity contribution in [2.45, 2.75) is 32.7 Å². The first-order valence-electron chi connectivity index (χ1n) is 14.7. The Hall–Kier alpha value is -4.93. The number of aromatic nitrogens is 1. The van der Waals surface area contributed by atoms with Crippen LogP contribution in [0.3, 0.4) is 0 Å². The molecule has 1 N–H and O–H groups in total. The molecule has 1 atom stereocenters. The van der Waals surface area contributed by atoms with Crippen LogP contribution < -0.4 is 19.6 Å². The molecule has 3 aromatic carbocycles. The van der Waals surface area contributed by atoms with Crippen molar-refractivity contribution >= 4 is 51.7 Å². The first-order valence-corrected chi connectivity index (χ1v) is 15.9. The number of hydrogen-bond acceptors (Lipinski definition) is 8. The van der Waals surface area contributed by atoms with Gasteiger partial charge >= 0.3 is 11.9 Å². The Bertz CT molecular complexity index is 2230. The van der Waals surface area contributed by atoms with Gasteiger partial charge in [0.2, 0.25) is 0 Å². The summed E-state index contributed by atoms with van der Waals surface area (Å²) in [7, 11) is 1.56. The van der Waals surface area contributed by atoms with E-state index in [2.05, 4.69) is 0 Å². The maximum Gasteiger partial charge on any atom is 0.338 e. The zero-order valence-corrected chi connectivity index (χ0v) is 26.8. The number of halogens is 1. The predicted molar refractivity (Wildman–Crippen MR) is 176 cm³/mol. The minimum atomic E-state index is -1.09. The van der Waals surface area contributed by atoms with Gasteiger partial charge in [-0.25, -0.2) is 14.6 Å². The van der Waals surface area contributed by atoms with E-state index in [4.69, 9.17) is 30.5 Å². The molecule has 0 saturated heterocycles. The lowest BCUT2D eigenvalue weighted by atomic mass is 9.90. The minimum Gasteiger partial charge on any atom is -0.496 e. The van der Waals surface area contributed by atoms with Crippen molar-refractivity contribution in [2.24, 2.45) is 4.99 Å². The summed E-state index contributed by atoms with van der Waals surface area (Å²) in [6.07, 6.45) is 2.82. The number of nitrogens with zero attached hydrogens (tertiary/aromatic N) is 2. The van der Waals surface area contributed by atoms with Gasteiger partial charge in [0.1, 0.15) is 23.3 Å². The standard InChI is InChI=1S/C35H29ClN2O7S/c1-4-8-25-30(34(42)44-5-2)31(29-22-10-7-6-9-19(22)12-15-27(29)43-3)38-32(39)28(46-35(38)37-25)18-21-13-16-26(45-21)23-17-20(33(40)41)11-14-24(23)36/h6-7,9-18,31H,4-5,8H2,1-3H3,(H,40,41)/b28-18-/t31-/m0/s1. The number of rotatable bonds is 9. The van der Waals surface area contributed by atoms with Gasteiger partial charge < -0.3 is 19.0 Å². The van der Waals surface area contributed by atoms with E-state index in [1.807, 2.05) is 43.3 Å². The summed E-state index contributed by atoms with van der Waals surface area (Å²) in [6, 6.07) is 18.3. The van der Waals surface area contributed by atoms with E-state index < -0.39 is 18.0 Å². The number of fused-ring (bicyclic) bond motifs is 2. The molecule has 234 valence electrons. The average molecular weight is 657 g/mol. The molecule has 11 heteroatoms. The van der Waals surface area contributed by atoms with Crippen molar-refractivity contribution in [3.05, 3.63) is 120 Å². The second kappa shape index (κ2) is 12.8. The number of thiazole rings is 1. The van der Waals surface area contributed by atoms with Crippen LogP contribution in [0, 0.1) is 0 Å². The Morgan fingerprint density at radius 3 is 2.65 bits per heavy atom. The molecule has 2 aromatic heterocycles. The highest BCUT2D eigenvalue weighted by Gasteiger charge is 2.37. The lowest BCUT2D eigenvalue weighted by molar-refractivity contribution is -0.139. The van der Waals surface area contributed by atoms with Crippen molar-refractivity contribution in [3.8, 4) is 17.1 Å². The fourth-order valence-corrected chi connectivity index (χ4v) is 6.89. The van der Waals surface area contributed by atoms with Crippen molar-refractivity contribution in [1.82, 2.24) is 4.57 Å². The van der Waals surface area contributed by atoms with Gasteiger partial charge in [0.05, 0.1) is 40.1 Å². The van der Waals surface area contributed by atoms with Crippen LogP contribution in [0.5, 0.6) is 5.75 Å². The van der Waals surface area contributed by atoms with E-state index in [0.29, 0.717) is 60.4 Å². The van der Waals surface area contributed by atoms with Gasteiger partial charge in [0.15, 0.2) is 4.80 Å². The van der Waals surface area contributed by atoms with E-state index in [1.54, 1.807) is 32.2 Å². The average Bonchev–Trinajstić information content (AvgIpc) is 3.64. The molecule has 0 radical (unpaired) electrons. The topological polar surface area (TPSA) is 120 Å². The molecule has 1 aliphatic rings. The molecule has 3 heterocycles. The zero-order chi connectivity index (χ0) is 32.5. The van der Waals surface area contributed by atoms with Crippen LogP contribution >= 0.6 is 22.9 Å². The van der Waals surface area contributed by atoms with Gasteiger partial charge in [-0.2, -0.15) is 0 Å². The molecule has 0 amide bonds. The summed E-state index contributed by atoms with van der Waals surface area (Å²) in [6.45, 7) is 3.90. The molecule has 0 unspecified atom stereocenters. The van der Waals surface area contributed by atoms with Crippen LogP contribution in [0.15, 0.2) is 92.2 Å². The summed E-state index contributed by atoms with van der Waals surface area (Å²) in [5.74, 6) is -0.406. The number of carbonyl (C=O) groups is 2. The number of carboxylic acid groups (broad SMARTS) is 1. The van der Waals surface area contributed by atoms with Crippen LogP contribution in [0.2, 0.25) is 5.02 Å². The first kappa shape index (κ1) is 31.1. The monoisotopic (exact) mass is 656 g/mol. The first-order chi connectivity index (χ1) is 22.2. The fraction of sp³-hybridized carbons (Fsp3) is 0.200. The number of furan rings is 1. The third kappa shape index (κ3) is 5.54. The third-order valence-electron chi connectivity index (χ3n) is 7.70. The number of ether oxygens (including phenoxy) is 2. The lowest BCUT2D eigenvalue weighted by Crippen LogP contribution is -2.40. The Morgan fingerprint density at radius 1 is 1.11 bits per heavy atom. The Labute approximate surface area is 272 Å². The molecule has 0 fully saturated rings. The van der Waals surface area contributed by atoms with Gasteiger partial charge in [-0.05, 0) is 60.5 Å². The van der Waals surface area contributed by atoms with Gasteiger partial charge in [-0.15, -0.1) is 0 Å². The zero-order valence-electron chi connectivity index (χ0n) is 25.2. The summed E-state index contributed by atoms with van der Waals surface area (Å²) in [5, 5.41) is 11.5. The molecule has 5 aromatic rings. The van der Waals surface area contributed by atoms with Crippen LogP contribution in [-0.2, 0) is 9.53 Å². The molecule has 6 rings (SSSR count). The maximum atomic E-state index is 14.3. The molecular formula is C35H29ClN2O7S. The molecule has 0 saturated carbocycles. The Kier molecular flexibility index (Phi) is 8.66. The number of allylic oxidation sites excluding steroid dienone is 1. The van der Waals surface area contributed by atoms with Crippen molar-refractivity contribution in [1.29, 1.82) is 0 Å². The molecule has 0 spiro atoms. The van der Waals surface area contributed by atoms with Crippen LogP contribution in [0.1, 0.15) is 54.4 Å². The summed E-state index contributed by atoms with van der Waals surface area (Å²) in [5.41, 5.74) is 1.62. The van der Waals surface area contributed by atoms with Gasteiger partial charge in [-0.1, -0.05) is 66.6 Å². The largest absolute Gasteiger partial charge is 0.496 e. The third-order valence-corrected chi connectivity index (χ3v) is 9.01. The molecule has 0 aliphatic carbocycles. The second-order valence-corrected chi connectivity index (χ2v) is 11.9. The highest BCUT2D eigenvalue weighted by Crippen LogP contribution is 2.41.